The van der Waals surface area contributed by atoms with Gasteiger partial charge in [0.25, 0.3) is 5.91 Å². The summed E-state index contributed by atoms with van der Waals surface area (Å²) in [6.07, 6.45) is 2.38. The molecule has 0 aromatic heterocycles. The van der Waals surface area contributed by atoms with Gasteiger partial charge >= 0.3 is 0 Å². The van der Waals surface area contributed by atoms with E-state index in [1.54, 1.807) is 29.2 Å². The van der Waals surface area contributed by atoms with E-state index < -0.39 is 0 Å². The van der Waals surface area contributed by atoms with Gasteiger partial charge in [0, 0.05) is 25.6 Å². The average Bonchev–Trinajstić information content (AvgIpc) is 3.02. The third-order valence-corrected chi connectivity index (χ3v) is 4.88. The van der Waals surface area contributed by atoms with Crippen LogP contribution < -0.4 is 10.6 Å². The maximum absolute atomic E-state index is 12.3. The molecule has 0 spiro atoms. The highest BCUT2D eigenvalue weighted by atomic mass is 35.5. The highest BCUT2D eigenvalue weighted by molar-refractivity contribution is 6.33. The van der Waals surface area contributed by atoms with E-state index in [1.165, 1.54) is 0 Å². The van der Waals surface area contributed by atoms with Crippen molar-refractivity contribution in [3.8, 4) is 0 Å². The summed E-state index contributed by atoms with van der Waals surface area (Å²) < 4.78 is 0. The molecule has 2 aliphatic heterocycles. The first-order valence-corrected chi connectivity index (χ1v) is 8.56. The van der Waals surface area contributed by atoms with Gasteiger partial charge in [-0.2, -0.15) is 0 Å². The lowest BCUT2D eigenvalue weighted by Gasteiger charge is -2.33. The normalized spacial score (nSPS) is 21.5. The first kappa shape index (κ1) is 16.8. The molecule has 2 fully saturated rings. The van der Waals surface area contributed by atoms with Crippen molar-refractivity contribution in [2.75, 3.05) is 13.1 Å². The van der Waals surface area contributed by atoms with Gasteiger partial charge in [0.1, 0.15) is 6.04 Å². The number of hydrogen-bond acceptors (Lipinski definition) is 3. The lowest BCUT2D eigenvalue weighted by Crippen LogP contribution is -2.51. The Morgan fingerprint density at radius 1 is 1.17 bits per heavy atom. The van der Waals surface area contributed by atoms with Crippen LogP contribution in [0.15, 0.2) is 24.3 Å². The van der Waals surface area contributed by atoms with Crippen molar-refractivity contribution in [1.29, 1.82) is 0 Å². The van der Waals surface area contributed by atoms with E-state index in [9.17, 15) is 14.4 Å². The zero-order valence-electron chi connectivity index (χ0n) is 13.3. The van der Waals surface area contributed by atoms with Crippen LogP contribution in [0, 0.1) is 0 Å². The van der Waals surface area contributed by atoms with E-state index in [4.69, 9.17) is 11.6 Å². The van der Waals surface area contributed by atoms with Crippen LogP contribution >= 0.6 is 11.6 Å². The quantitative estimate of drug-likeness (QED) is 0.864. The fraction of sp³-hybridized carbons (Fsp3) is 0.471. The van der Waals surface area contributed by atoms with E-state index >= 15 is 0 Å². The minimum Gasteiger partial charge on any atom is -0.349 e. The summed E-state index contributed by atoms with van der Waals surface area (Å²) in [6.45, 7) is 1.16. The number of piperidine rings is 1. The average molecular weight is 350 g/mol. The van der Waals surface area contributed by atoms with Gasteiger partial charge < -0.3 is 15.5 Å². The largest absolute Gasteiger partial charge is 0.349 e. The second-order valence-electron chi connectivity index (χ2n) is 6.21. The standard InChI is InChI=1S/C17H20ClN3O3/c18-13-4-2-1-3-12(13)16(23)19-11-7-9-21(10-8-11)17(24)14-5-6-15(22)20-14/h1-4,11,14H,5-10H2,(H,19,23)(H,20,22). The second-order valence-corrected chi connectivity index (χ2v) is 6.62. The number of rotatable bonds is 3. The molecule has 1 unspecified atom stereocenters. The predicted octanol–water partition coefficient (Wildman–Crippen LogP) is 1.34. The molecule has 0 radical (unpaired) electrons. The maximum Gasteiger partial charge on any atom is 0.253 e. The number of amides is 3. The highest BCUT2D eigenvalue weighted by Crippen LogP contribution is 2.18. The maximum atomic E-state index is 12.3. The topological polar surface area (TPSA) is 78.5 Å². The lowest BCUT2D eigenvalue weighted by molar-refractivity contribution is -0.135. The van der Waals surface area contributed by atoms with Gasteiger partial charge in [0.15, 0.2) is 0 Å². The Hall–Kier alpha value is -2.08. The fourth-order valence-corrected chi connectivity index (χ4v) is 3.39. The van der Waals surface area contributed by atoms with Crippen molar-refractivity contribution < 1.29 is 14.4 Å². The van der Waals surface area contributed by atoms with E-state index in [-0.39, 0.29) is 29.8 Å². The van der Waals surface area contributed by atoms with E-state index in [0.717, 1.165) is 0 Å². The molecular formula is C17H20ClN3O3. The van der Waals surface area contributed by atoms with Crippen LogP contribution in [0.1, 0.15) is 36.0 Å². The van der Waals surface area contributed by atoms with Crippen LogP contribution in [0.2, 0.25) is 5.02 Å². The first-order chi connectivity index (χ1) is 11.5. The third-order valence-electron chi connectivity index (χ3n) is 4.55. The number of nitrogens with zero attached hydrogens (tertiary/aromatic N) is 1. The zero-order valence-corrected chi connectivity index (χ0v) is 14.0. The van der Waals surface area contributed by atoms with Gasteiger partial charge in [-0.15, -0.1) is 0 Å². The van der Waals surface area contributed by atoms with Crippen molar-refractivity contribution in [2.45, 2.75) is 37.8 Å². The Morgan fingerprint density at radius 3 is 2.50 bits per heavy atom. The van der Waals surface area contributed by atoms with Crippen molar-refractivity contribution in [1.82, 2.24) is 15.5 Å². The van der Waals surface area contributed by atoms with E-state index in [2.05, 4.69) is 10.6 Å². The third kappa shape index (κ3) is 3.70. The molecule has 0 bridgehead atoms. The number of carbonyl (C=O) groups excluding carboxylic acids is 3. The Bertz CT molecular complexity index is 656. The van der Waals surface area contributed by atoms with Gasteiger partial charge in [-0.1, -0.05) is 23.7 Å². The van der Waals surface area contributed by atoms with Crippen molar-refractivity contribution in [3.05, 3.63) is 34.9 Å². The van der Waals surface area contributed by atoms with Crippen molar-refractivity contribution in [3.63, 3.8) is 0 Å². The van der Waals surface area contributed by atoms with E-state index in [1.807, 2.05) is 0 Å². The van der Waals surface area contributed by atoms with Crippen molar-refractivity contribution in [2.24, 2.45) is 0 Å². The monoisotopic (exact) mass is 349 g/mol. The van der Waals surface area contributed by atoms with Crippen molar-refractivity contribution >= 4 is 29.3 Å². The Morgan fingerprint density at radius 2 is 1.88 bits per heavy atom. The molecule has 2 aliphatic rings. The number of carbonyl (C=O) groups is 3. The highest BCUT2D eigenvalue weighted by Gasteiger charge is 2.33. The molecule has 1 aromatic rings. The summed E-state index contributed by atoms with van der Waals surface area (Å²) in [7, 11) is 0. The van der Waals surface area contributed by atoms with Gasteiger partial charge in [-0.3, -0.25) is 14.4 Å². The Kier molecular flexibility index (Phi) is 5.04. The first-order valence-electron chi connectivity index (χ1n) is 8.18. The number of nitrogens with one attached hydrogen (secondary N) is 2. The summed E-state index contributed by atoms with van der Waals surface area (Å²) in [5, 5.41) is 6.12. The predicted molar refractivity (Wildman–Crippen MR) is 89.7 cm³/mol. The second kappa shape index (κ2) is 7.21. The molecule has 128 valence electrons. The molecular weight excluding hydrogens is 330 g/mol. The summed E-state index contributed by atoms with van der Waals surface area (Å²) >= 11 is 6.04. The lowest BCUT2D eigenvalue weighted by atomic mass is 10.0. The van der Waals surface area contributed by atoms with Crippen LogP contribution in [0.25, 0.3) is 0 Å². The number of hydrogen-bond donors (Lipinski definition) is 2. The minimum atomic E-state index is -0.383. The molecule has 1 atom stereocenters. The van der Waals surface area contributed by atoms with Crippen LogP contribution in [0.5, 0.6) is 0 Å². The summed E-state index contributed by atoms with van der Waals surface area (Å²) in [5.74, 6) is -0.264. The molecule has 2 N–H and O–H groups in total. The smallest absolute Gasteiger partial charge is 0.253 e. The zero-order chi connectivity index (χ0) is 17.1. The molecule has 1 aromatic carbocycles. The molecule has 2 saturated heterocycles. The molecule has 3 rings (SSSR count). The Labute approximate surface area is 145 Å². The number of likely N-dealkylation sites (tertiary alicyclic amines) is 1. The molecule has 0 aliphatic carbocycles. The molecule has 24 heavy (non-hydrogen) atoms. The van der Waals surface area contributed by atoms with Crippen LogP contribution in [0.3, 0.4) is 0 Å². The van der Waals surface area contributed by atoms with Gasteiger partial charge in [-0.05, 0) is 31.4 Å². The van der Waals surface area contributed by atoms with Gasteiger partial charge in [-0.25, -0.2) is 0 Å². The molecule has 0 saturated carbocycles. The minimum absolute atomic E-state index is 0.0169. The molecule has 6 nitrogen and oxygen atoms in total. The summed E-state index contributed by atoms with van der Waals surface area (Å²) in [5.41, 5.74) is 0.464. The summed E-state index contributed by atoms with van der Waals surface area (Å²) in [6, 6.07) is 6.58. The van der Waals surface area contributed by atoms with Gasteiger partial charge in [0.2, 0.25) is 11.8 Å². The number of benzene rings is 1. The number of halogens is 1. The van der Waals surface area contributed by atoms with Crippen LogP contribution in [-0.2, 0) is 9.59 Å². The Balaban J connectivity index is 1.50. The van der Waals surface area contributed by atoms with Gasteiger partial charge in [0.05, 0.1) is 10.6 Å². The van der Waals surface area contributed by atoms with Crippen LogP contribution in [-0.4, -0.2) is 47.8 Å². The SMILES string of the molecule is O=C1CCC(C(=O)N2CCC(NC(=O)c3ccccc3Cl)CC2)N1. The molecule has 3 amide bonds. The summed E-state index contributed by atoms with van der Waals surface area (Å²) in [4.78, 5) is 37.6. The fourth-order valence-electron chi connectivity index (χ4n) is 3.17. The molecule has 2 heterocycles. The molecule has 7 heteroatoms. The van der Waals surface area contributed by atoms with E-state index in [0.29, 0.717) is 49.4 Å². The van der Waals surface area contributed by atoms with Crippen LogP contribution in [0.4, 0.5) is 0 Å².